The van der Waals surface area contributed by atoms with E-state index in [1.165, 1.54) is 18.2 Å². The lowest BCUT2D eigenvalue weighted by Gasteiger charge is -2.28. The first kappa shape index (κ1) is 22.3. The van der Waals surface area contributed by atoms with E-state index in [-0.39, 0.29) is 29.4 Å². The summed E-state index contributed by atoms with van der Waals surface area (Å²) in [6, 6.07) is 10.7. The van der Waals surface area contributed by atoms with Gasteiger partial charge in [-0.15, -0.1) is 0 Å². The fourth-order valence-corrected chi connectivity index (χ4v) is 3.80. The molecular weight excluding hydrogens is 430 g/mol. The number of ether oxygens (including phenoxy) is 1. The van der Waals surface area contributed by atoms with Gasteiger partial charge in [0.25, 0.3) is 0 Å². The van der Waals surface area contributed by atoms with Crippen LogP contribution in [0.3, 0.4) is 0 Å². The Labute approximate surface area is 188 Å². The summed E-state index contributed by atoms with van der Waals surface area (Å²) in [5.74, 6) is -1.78. The van der Waals surface area contributed by atoms with Crippen molar-refractivity contribution in [1.82, 2.24) is 4.90 Å². The van der Waals surface area contributed by atoms with Gasteiger partial charge in [-0.3, -0.25) is 9.59 Å². The van der Waals surface area contributed by atoms with E-state index >= 15 is 0 Å². The predicted molar refractivity (Wildman–Crippen MR) is 116 cm³/mol. The van der Waals surface area contributed by atoms with E-state index < -0.39 is 23.1 Å². The minimum absolute atomic E-state index is 0.0539. The van der Waals surface area contributed by atoms with E-state index in [9.17, 15) is 24.6 Å². The molecule has 1 aromatic carbocycles. The van der Waals surface area contributed by atoms with Crippen LogP contribution in [0.1, 0.15) is 40.0 Å². The molecule has 3 aromatic rings. The van der Waals surface area contributed by atoms with Crippen LogP contribution in [0.25, 0.3) is 11.3 Å². The number of aromatic carboxylic acids is 1. The van der Waals surface area contributed by atoms with Crippen LogP contribution < -0.4 is 5.43 Å². The molecule has 172 valence electrons. The van der Waals surface area contributed by atoms with Crippen molar-refractivity contribution in [3.8, 4) is 17.1 Å². The molecule has 0 bridgehead atoms. The van der Waals surface area contributed by atoms with Crippen LogP contribution in [0.15, 0.2) is 56.1 Å². The molecule has 4 rings (SSSR count). The Morgan fingerprint density at radius 2 is 1.85 bits per heavy atom. The number of aryl methyl sites for hydroxylation is 1. The summed E-state index contributed by atoms with van der Waals surface area (Å²) in [6.45, 7) is 3.34. The highest BCUT2D eigenvalue weighted by atomic mass is 16.5. The van der Waals surface area contributed by atoms with Gasteiger partial charge >= 0.3 is 5.97 Å². The Hall–Kier alpha value is -3.85. The van der Waals surface area contributed by atoms with E-state index in [0.29, 0.717) is 43.4 Å². The molecule has 1 saturated heterocycles. The molecule has 2 N–H and O–H groups in total. The van der Waals surface area contributed by atoms with Crippen LogP contribution in [0.2, 0.25) is 0 Å². The van der Waals surface area contributed by atoms with Gasteiger partial charge in [-0.05, 0) is 31.2 Å². The van der Waals surface area contributed by atoms with Gasteiger partial charge in [0.15, 0.2) is 5.76 Å². The minimum atomic E-state index is -1.07. The molecule has 1 unspecified atom stereocenters. The average Bonchev–Trinajstić information content (AvgIpc) is 3.30. The van der Waals surface area contributed by atoms with Crippen LogP contribution >= 0.6 is 0 Å². The highest BCUT2D eigenvalue weighted by molar-refractivity contribution is 5.89. The van der Waals surface area contributed by atoms with E-state index in [1.54, 1.807) is 36.1 Å². The molecule has 9 heteroatoms. The number of hydrogen-bond acceptors (Lipinski definition) is 7. The molecule has 0 aliphatic carbocycles. The normalized spacial score (nSPS) is 14.8. The number of amides is 1. The Morgan fingerprint density at radius 3 is 2.58 bits per heavy atom. The Bertz CT molecular complexity index is 1240. The average molecular weight is 453 g/mol. The minimum Gasteiger partial charge on any atom is -0.502 e. The number of carboxylic acid groups (broad SMARTS) is 1. The first-order chi connectivity index (χ1) is 15.8. The predicted octanol–water partition coefficient (Wildman–Crippen LogP) is 2.99. The van der Waals surface area contributed by atoms with Crippen LogP contribution in [-0.2, 0) is 9.53 Å². The van der Waals surface area contributed by atoms with Crippen LogP contribution in [0, 0.1) is 6.92 Å². The highest BCUT2D eigenvalue weighted by Gasteiger charge is 2.31. The summed E-state index contributed by atoms with van der Waals surface area (Å²) in [6.07, 6.45) is -0.0952. The molecule has 2 aromatic heterocycles. The third-order valence-electron chi connectivity index (χ3n) is 5.50. The standard InChI is InChI=1S/C24H23NO8/c1-14-11-18(26)22(28)23(32-14)17(13-21(27)25-7-9-31-10-8-25)20-6-5-19(33-20)15-3-2-4-16(12-15)24(29)30/h2-6,11-12,17,28H,7-10,13H2,1H3,(H,29,30). The van der Waals surface area contributed by atoms with Crippen LogP contribution in [0.5, 0.6) is 5.75 Å². The first-order valence-corrected chi connectivity index (χ1v) is 10.5. The second-order valence-electron chi connectivity index (χ2n) is 7.77. The van der Waals surface area contributed by atoms with Gasteiger partial charge in [0.2, 0.25) is 17.1 Å². The number of nitrogens with zero attached hydrogens (tertiary/aromatic N) is 1. The van der Waals surface area contributed by atoms with Gasteiger partial charge in [-0.2, -0.15) is 0 Å². The number of carbonyl (C=O) groups excluding carboxylic acids is 1. The fourth-order valence-electron chi connectivity index (χ4n) is 3.80. The van der Waals surface area contributed by atoms with Crippen molar-refractivity contribution >= 4 is 11.9 Å². The van der Waals surface area contributed by atoms with Gasteiger partial charge in [0.05, 0.1) is 24.7 Å². The maximum absolute atomic E-state index is 13.0. The van der Waals surface area contributed by atoms with Crippen molar-refractivity contribution < 1.29 is 33.4 Å². The number of aromatic hydroxyl groups is 1. The maximum atomic E-state index is 13.0. The summed E-state index contributed by atoms with van der Waals surface area (Å²) in [5.41, 5.74) is 0.0275. The topological polar surface area (TPSA) is 130 Å². The smallest absolute Gasteiger partial charge is 0.335 e. The molecule has 1 amide bonds. The highest BCUT2D eigenvalue weighted by Crippen LogP contribution is 2.36. The molecular formula is C24H23NO8. The number of carbonyl (C=O) groups is 2. The van der Waals surface area contributed by atoms with Crippen molar-refractivity contribution in [2.45, 2.75) is 19.3 Å². The molecule has 1 atom stereocenters. The van der Waals surface area contributed by atoms with Gasteiger partial charge in [0, 0.05) is 31.1 Å². The third kappa shape index (κ3) is 4.83. The van der Waals surface area contributed by atoms with Gasteiger partial charge in [0.1, 0.15) is 17.3 Å². The van der Waals surface area contributed by atoms with Crippen molar-refractivity contribution in [2.24, 2.45) is 0 Å². The lowest BCUT2D eigenvalue weighted by Crippen LogP contribution is -2.41. The summed E-state index contributed by atoms with van der Waals surface area (Å²) < 4.78 is 17.0. The number of benzene rings is 1. The number of morpholine rings is 1. The number of carboxylic acids is 1. The van der Waals surface area contributed by atoms with Gasteiger partial charge in [-0.1, -0.05) is 12.1 Å². The first-order valence-electron chi connectivity index (χ1n) is 10.5. The van der Waals surface area contributed by atoms with Gasteiger partial charge < -0.3 is 28.7 Å². The SMILES string of the molecule is Cc1cc(=O)c(O)c(C(CC(=O)N2CCOCC2)c2ccc(-c3cccc(C(=O)O)c3)o2)o1. The molecule has 33 heavy (non-hydrogen) atoms. The Kier molecular flexibility index (Phi) is 6.32. The summed E-state index contributed by atoms with van der Waals surface area (Å²) in [5, 5.41) is 19.7. The lowest BCUT2D eigenvalue weighted by atomic mass is 9.97. The molecule has 1 aliphatic rings. The van der Waals surface area contributed by atoms with Crippen molar-refractivity contribution in [3.05, 3.63) is 75.5 Å². The van der Waals surface area contributed by atoms with Crippen molar-refractivity contribution in [2.75, 3.05) is 26.3 Å². The second-order valence-corrected chi connectivity index (χ2v) is 7.77. The zero-order valence-corrected chi connectivity index (χ0v) is 17.9. The molecule has 1 aliphatic heterocycles. The molecule has 0 spiro atoms. The molecule has 3 heterocycles. The van der Waals surface area contributed by atoms with Crippen LogP contribution in [0.4, 0.5) is 0 Å². The molecule has 1 fully saturated rings. The third-order valence-corrected chi connectivity index (χ3v) is 5.50. The van der Waals surface area contributed by atoms with Crippen molar-refractivity contribution in [1.29, 1.82) is 0 Å². The van der Waals surface area contributed by atoms with E-state index in [1.807, 2.05) is 0 Å². The van der Waals surface area contributed by atoms with E-state index in [2.05, 4.69) is 0 Å². The summed E-state index contributed by atoms with van der Waals surface area (Å²) in [4.78, 5) is 38.2. The molecule has 9 nitrogen and oxygen atoms in total. The Morgan fingerprint density at radius 1 is 1.09 bits per heavy atom. The largest absolute Gasteiger partial charge is 0.502 e. The second kappa shape index (κ2) is 9.33. The van der Waals surface area contributed by atoms with Gasteiger partial charge in [-0.25, -0.2) is 4.79 Å². The zero-order valence-electron chi connectivity index (χ0n) is 17.9. The summed E-state index contributed by atoms with van der Waals surface area (Å²) in [7, 11) is 0. The zero-order chi connectivity index (χ0) is 23.5. The number of furan rings is 1. The number of hydrogen-bond donors (Lipinski definition) is 2. The quantitative estimate of drug-likeness (QED) is 0.583. The maximum Gasteiger partial charge on any atom is 0.335 e. The molecule has 0 radical (unpaired) electrons. The van der Waals surface area contributed by atoms with E-state index in [0.717, 1.165) is 0 Å². The monoisotopic (exact) mass is 453 g/mol. The Balaban J connectivity index is 1.72. The summed E-state index contributed by atoms with van der Waals surface area (Å²) >= 11 is 0. The van der Waals surface area contributed by atoms with Crippen LogP contribution in [-0.4, -0.2) is 53.3 Å². The molecule has 0 saturated carbocycles. The lowest BCUT2D eigenvalue weighted by molar-refractivity contribution is -0.135. The van der Waals surface area contributed by atoms with Crippen molar-refractivity contribution in [3.63, 3.8) is 0 Å². The fraction of sp³-hybridized carbons (Fsp3) is 0.292. The number of rotatable bonds is 6. The van der Waals surface area contributed by atoms with E-state index in [4.69, 9.17) is 13.6 Å².